The molecule has 0 amide bonds. The van der Waals surface area contributed by atoms with E-state index in [1.54, 1.807) is 42.7 Å². The topological polar surface area (TPSA) is 88.1 Å². The minimum Gasteiger partial charge on any atom is -0.494 e. The molecule has 0 bridgehead atoms. The number of methoxy groups -OCH3 is 1. The number of halogens is 1. The summed E-state index contributed by atoms with van der Waals surface area (Å²) in [7, 11) is 3.46. The number of nitrogens with zero attached hydrogens (tertiary/aromatic N) is 5. The normalized spacial score (nSPS) is 10.8. The van der Waals surface area contributed by atoms with Gasteiger partial charge in [0.2, 0.25) is 5.95 Å². The summed E-state index contributed by atoms with van der Waals surface area (Å²) in [5, 5.41) is 6.57. The molecule has 2 aromatic carbocycles. The quantitative estimate of drug-likeness (QED) is 0.275. The van der Waals surface area contributed by atoms with Crippen molar-refractivity contribution in [2.24, 2.45) is 0 Å². The molecule has 10 heteroatoms. The molecule has 0 atom stereocenters. The lowest BCUT2D eigenvalue weighted by Crippen LogP contribution is -2.11. The van der Waals surface area contributed by atoms with Gasteiger partial charge in [-0.1, -0.05) is 31.5 Å². The van der Waals surface area contributed by atoms with Gasteiger partial charge in [0.25, 0.3) is 0 Å². The van der Waals surface area contributed by atoms with Gasteiger partial charge in [0.15, 0.2) is 0 Å². The fourth-order valence-electron chi connectivity index (χ4n) is 3.62. The Morgan fingerprint density at radius 3 is 2.66 bits per heavy atom. The van der Waals surface area contributed by atoms with Crippen LogP contribution in [0.3, 0.4) is 0 Å². The summed E-state index contributed by atoms with van der Waals surface area (Å²) in [5.41, 5.74) is 5.09. The third-order valence-electron chi connectivity index (χ3n) is 5.49. The highest BCUT2D eigenvalue weighted by atomic mass is 32.2. The van der Waals surface area contributed by atoms with Crippen molar-refractivity contribution in [3.8, 4) is 5.75 Å². The van der Waals surface area contributed by atoms with Crippen molar-refractivity contribution in [3.05, 3.63) is 66.4 Å². The van der Waals surface area contributed by atoms with Crippen LogP contribution >= 0.6 is 11.9 Å². The predicted octanol–water partition coefficient (Wildman–Crippen LogP) is 5.97. The van der Waals surface area contributed by atoms with Crippen molar-refractivity contribution in [2.75, 3.05) is 35.4 Å². The molecule has 0 aliphatic carbocycles. The van der Waals surface area contributed by atoms with Gasteiger partial charge >= 0.3 is 0 Å². The number of aryl methyl sites for hydroxylation is 1. The molecular weight excluding hydrogens is 465 g/mol. The molecular formula is C25H26FN7OS. The minimum absolute atomic E-state index is 0.315. The first kappa shape index (κ1) is 24.2. The summed E-state index contributed by atoms with van der Waals surface area (Å²) in [5.74, 6) is 0.923. The maximum Gasteiger partial charge on any atom is 0.229 e. The van der Waals surface area contributed by atoms with Crippen LogP contribution in [0.25, 0.3) is 17.1 Å². The van der Waals surface area contributed by atoms with E-state index < -0.39 is 0 Å². The monoisotopic (exact) mass is 491 g/mol. The van der Waals surface area contributed by atoms with Crippen LogP contribution in [0.1, 0.15) is 18.1 Å². The van der Waals surface area contributed by atoms with Crippen molar-refractivity contribution in [3.63, 3.8) is 0 Å². The molecule has 2 heterocycles. The Kier molecular flexibility index (Phi) is 7.31. The highest BCUT2D eigenvalue weighted by molar-refractivity contribution is 7.99. The minimum atomic E-state index is -0.315. The lowest BCUT2D eigenvalue weighted by atomic mass is 10.1. The number of nitrogens with one attached hydrogen (secondary N) is 2. The molecule has 2 aromatic heterocycles. The van der Waals surface area contributed by atoms with Gasteiger partial charge in [-0.25, -0.2) is 9.37 Å². The highest BCUT2D eigenvalue weighted by Crippen LogP contribution is 2.37. The molecule has 35 heavy (non-hydrogen) atoms. The lowest BCUT2D eigenvalue weighted by Gasteiger charge is -2.22. The summed E-state index contributed by atoms with van der Waals surface area (Å²) >= 11 is 1.56. The Hall–Kier alpha value is -3.92. The fourth-order valence-corrected chi connectivity index (χ4v) is 3.99. The first-order valence-electron chi connectivity index (χ1n) is 10.9. The van der Waals surface area contributed by atoms with E-state index in [1.807, 2.05) is 36.7 Å². The van der Waals surface area contributed by atoms with E-state index >= 15 is 0 Å². The van der Waals surface area contributed by atoms with Gasteiger partial charge in [-0.05, 0) is 30.2 Å². The van der Waals surface area contributed by atoms with Crippen molar-refractivity contribution in [2.45, 2.75) is 13.3 Å². The van der Waals surface area contributed by atoms with Crippen molar-refractivity contribution in [1.82, 2.24) is 19.9 Å². The molecule has 0 radical (unpaired) electrons. The van der Waals surface area contributed by atoms with Crippen LogP contribution in [-0.2, 0) is 6.42 Å². The predicted molar refractivity (Wildman–Crippen MR) is 142 cm³/mol. The van der Waals surface area contributed by atoms with Crippen molar-refractivity contribution >= 4 is 57.9 Å². The molecule has 0 fully saturated rings. The van der Waals surface area contributed by atoms with E-state index in [0.717, 1.165) is 22.4 Å². The smallest absolute Gasteiger partial charge is 0.229 e. The second kappa shape index (κ2) is 10.6. The van der Waals surface area contributed by atoms with Crippen molar-refractivity contribution in [1.29, 1.82) is 0 Å². The van der Waals surface area contributed by atoms with Crippen LogP contribution < -0.4 is 19.7 Å². The molecule has 2 N–H and O–H groups in total. The molecule has 0 unspecified atom stereocenters. The van der Waals surface area contributed by atoms with Gasteiger partial charge in [-0.2, -0.15) is 4.98 Å². The Bertz CT molecular complexity index is 1380. The van der Waals surface area contributed by atoms with Crippen LogP contribution in [0, 0.1) is 5.82 Å². The largest absolute Gasteiger partial charge is 0.494 e. The van der Waals surface area contributed by atoms with E-state index in [2.05, 4.69) is 37.1 Å². The van der Waals surface area contributed by atoms with Gasteiger partial charge in [-0.15, -0.1) is 0 Å². The Balaban J connectivity index is 1.75. The van der Waals surface area contributed by atoms with E-state index in [-0.39, 0.29) is 5.82 Å². The van der Waals surface area contributed by atoms with Crippen LogP contribution in [0.4, 0.5) is 33.2 Å². The zero-order valence-corrected chi connectivity index (χ0v) is 20.8. The maximum atomic E-state index is 14.2. The average molecular weight is 492 g/mol. The summed E-state index contributed by atoms with van der Waals surface area (Å²) in [4.78, 5) is 18.0. The molecule has 8 nitrogen and oxygen atoms in total. The van der Waals surface area contributed by atoms with Gasteiger partial charge in [0, 0.05) is 43.5 Å². The second-order valence-electron chi connectivity index (χ2n) is 7.51. The third kappa shape index (κ3) is 4.97. The lowest BCUT2D eigenvalue weighted by molar-refractivity contribution is 0.413. The molecule has 0 saturated heterocycles. The number of ether oxygens (including phenoxy) is 1. The summed E-state index contributed by atoms with van der Waals surface area (Å²) in [6.45, 7) is 5.78. The average Bonchev–Trinajstić information content (AvgIpc) is 2.89. The fraction of sp³-hybridized carbons (Fsp3) is 0.200. The summed E-state index contributed by atoms with van der Waals surface area (Å²) < 4.78 is 21.6. The SMILES string of the molecule is C=Cc1cnc(Nc2cc(CC)c(F)cc2OC)nc1Nc1ccc2nccnc2c1N(C)SC. The first-order valence-corrected chi connectivity index (χ1v) is 12.1. The molecule has 0 aliphatic rings. The molecule has 0 aliphatic heterocycles. The molecule has 4 aromatic rings. The maximum absolute atomic E-state index is 14.2. The van der Waals surface area contributed by atoms with E-state index in [1.165, 1.54) is 13.2 Å². The molecule has 4 rings (SSSR count). The zero-order chi connectivity index (χ0) is 24.9. The van der Waals surface area contributed by atoms with Crippen LogP contribution in [0.2, 0.25) is 0 Å². The third-order valence-corrected chi connectivity index (χ3v) is 6.22. The summed E-state index contributed by atoms with van der Waals surface area (Å²) in [6.07, 6.45) is 9.22. The number of anilines is 5. The van der Waals surface area contributed by atoms with E-state index in [4.69, 9.17) is 4.74 Å². The molecule has 180 valence electrons. The van der Waals surface area contributed by atoms with Gasteiger partial charge < -0.3 is 19.7 Å². The van der Waals surface area contributed by atoms with Gasteiger partial charge in [-0.3, -0.25) is 9.97 Å². The number of benzene rings is 2. The van der Waals surface area contributed by atoms with Gasteiger partial charge in [0.1, 0.15) is 22.9 Å². The summed E-state index contributed by atoms with van der Waals surface area (Å²) in [6, 6.07) is 6.92. The number of hydrogen-bond acceptors (Lipinski definition) is 9. The first-order chi connectivity index (χ1) is 17.0. The van der Waals surface area contributed by atoms with Crippen molar-refractivity contribution < 1.29 is 9.13 Å². The molecule has 0 spiro atoms. The molecule has 0 saturated carbocycles. The Morgan fingerprint density at radius 1 is 1.14 bits per heavy atom. The Morgan fingerprint density at radius 2 is 1.94 bits per heavy atom. The number of aromatic nitrogens is 4. The zero-order valence-electron chi connectivity index (χ0n) is 20.0. The van der Waals surface area contributed by atoms with E-state index in [9.17, 15) is 4.39 Å². The second-order valence-corrected chi connectivity index (χ2v) is 8.43. The standard InChI is InChI=1S/C25H26FN7OS/c1-6-15-12-20(21(34-4)13-17(15)26)31-25-29-14-16(7-2)24(32-25)30-19-9-8-18-22(28-11-10-27-18)23(19)33(3)35-5/h7-14H,2,6H2,1,3-5H3,(H2,29,30,31,32). The number of hydrogen-bond donors (Lipinski definition) is 2. The van der Waals surface area contributed by atoms with Crippen LogP contribution in [0.15, 0.2) is 49.4 Å². The van der Waals surface area contributed by atoms with Crippen LogP contribution in [-0.4, -0.2) is 40.3 Å². The number of rotatable bonds is 9. The Labute approximate surface area is 207 Å². The van der Waals surface area contributed by atoms with Crippen LogP contribution in [0.5, 0.6) is 5.75 Å². The van der Waals surface area contributed by atoms with Gasteiger partial charge in [0.05, 0.1) is 29.7 Å². The van der Waals surface area contributed by atoms with E-state index in [0.29, 0.717) is 40.8 Å². The number of fused-ring (bicyclic) bond motifs is 1. The highest BCUT2D eigenvalue weighted by Gasteiger charge is 2.17.